The summed E-state index contributed by atoms with van der Waals surface area (Å²) in [6.45, 7) is 5.33. The van der Waals surface area contributed by atoms with Crippen LogP contribution < -0.4 is 5.73 Å². The van der Waals surface area contributed by atoms with Crippen LogP contribution in [0.4, 0.5) is 5.82 Å². The van der Waals surface area contributed by atoms with E-state index < -0.39 is 11.2 Å². The quantitative estimate of drug-likeness (QED) is 0.362. The molecule has 0 radical (unpaired) electrons. The summed E-state index contributed by atoms with van der Waals surface area (Å²) in [5, 5.41) is 0.980. The number of nitrogens with two attached hydrogens (primary N) is 1. The van der Waals surface area contributed by atoms with Crippen LogP contribution in [0.2, 0.25) is 10.0 Å². The minimum absolute atomic E-state index is 0.442. The lowest BCUT2D eigenvalue weighted by molar-refractivity contribution is 0.199. The van der Waals surface area contributed by atoms with Crippen LogP contribution in [0, 0.1) is 13.8 Å². The van der Waals surface area contributed by atoms with Gasteiger partial charge < -0.3 is 19.6 Å². The smallest absolute Gasteiger partial charge is 0.171 e. The van der Waals surface area contributed by atoms with Gasteiger partial charge in [0.05, 0.1) is 17.1 Å². The van der Waals surface area contributed by atoms with Gasteiger partial charge in [0, 0.05) is 30.8 Å². The average Bonchev–Trinajstić information content (AvgIpc) is 3.06. The standard InChI is InChI=1S/C21H26Cl2N4O2S/c1-13-14(2)25-21(24)19-20(13)27(18(26-19)8-10-29-3)9-4-5-11-30(28)17-7-6-15(22)12-16(17)23/h6-7,12H,4-5,8-11H2,1-3H3,(H2,24,25). The number of methoxy groups -OCH3 is 1. The van der Waals surface area contributed by atoms with Gasteiger partial charge in [0.15, 0.2) is 10.7 Å². The highest BCUT2D eigenvalue weighted by molar-refractivity contribution is 7.91. The predicted octanol–water partition coefficient (Wildman–Crippen LogP) is 4.71. The maximum absolute atomic E-state index is 12.6. The second-order valence-electron chi connectivity index (χ2n) is 7.16. The number of rotatable bonds is 9. The maximum Gasteiger partial charge on any atom is 0.171 e. The molecular weight excluding hydrogens is 443 g/mol. The first-order valence-corrected chi connectivity index (χ1v) is 11.8. The number of halogens is 2. The molecule has 0 aliphatic rings. The number of aromatic nitrogens is 3. The highest BCUT2D eigenvalue weighted by atomic mass is 35.5. The first-order chi connectivity index (χ1) is 14.3. The summed E-state index contributed by atoms with van der Waals surface area (Å²) in [5.41, 5.74) is 9.87. The summed E-state index contributed by atoms with van der Waals surface area (Å²) in [5.74, 6) is 1.91. The molecule has 0 amide bonds. The van der Waals surface area contributed by atoms with E-state index >= 15 is 0 Å². The van der Waals surface area contributed by atoms with E-state index in [9.17, 15) is 4.55 Å². The third-order valence-electron chi connectivity index (χ3n) is 5.11. The zero-order valence-corrected chi connectivity index (χ0v) is 19.7. The van der Waals surface area contributed by atoms with Crippen molar-refractivity contribution < 1.29 is 9.29 Å². The van der Waals surface area contributed by atoms with Gasteiger partial charge in [-0.15, -0.1) is 0 Å². The lowest BCUT2D eigenvalue weighted by Crippen LogP contribution is -2.11. The number of hydrogen-bond acceptors (Lipinski definition) is 5. The molecule has 6 nitrogen and oxygen atoms in total. The van der Waals surface area contributed by atoms with E-state index in [0.717, 1.165) is 47.5 Å². The fourth-order valence-electron chi connectivity index (χ4n) is 3.44. The maximum atomic E-state index is 12.6. The Labute approximate surface area is 189 Å². The Morgan fingerprint density at radius 3 is 2.67 bits per heavy atom. The van der Waals surface area contributed by atoms with Crippen molar-refractivity contribution in [1.29, 1.82) is 0 Å². The van der Waals surface area contributed by atoms with Crippen molar-refractivity contribution in [3.05, 3.63) is 45.3 Å². The molecule has 1 aromatic carbocycles. The number of hydrogen-bond donors (Lipinski definition) is 1. The molecule has 0 aliphatic heterocycles. The third kappa shape index (κ3) is 5.03. The van der Waals surface area contributed by atoms with Gasteiger partial charge >= 0.3 is 0 Å². The lowest BCUT2D eigenvalue weighted by Gasteiger charge is -2.14. The third-order valence-corrected chi connectivity index (χ3v) is 7.27. The Morgan fingerprint density at radius 2 is 1.97 bits per heavy atom. The molecule has 0 aliphatic carbocycles. The van der Waals surface area contributed by atoms with Crippen LogP contribution in [0.3, 0.4) is 0 Å². The monoisotopic (exact) mass is 468 g/mol. The Hall–Kier alpha value is -1.51. The van der Waals surface area contributed by atoms with Crippen LogP contribution in [0.5, 0.6) is 0 Å². The Bertz CT molecular complexity index is 1040. The first-order valence-electron chi connectivity index (χ1n) is 9.77. The van der Waals surface area contributed by atoms with Crippen LogP contribution in [-0.4, -0.2) is 38.6 Å². The Balaban J connectivity index is 1.74. The first kappa shape index (κ1) is 23.2. The zero-order chi connectivity index (χ0) is 21.8. The minimum Gasteiger partial charge on any atom is -0.611 e. The molecule has 2 aromatic heterocycles. The van der Waals surface area contributed by atoms with Crippen molar-refractivity contribution in [2.45, 2.75) is 44.6 Å². The van der Waals surface area contributed by atoms with E-state index in [0.29, 0.717) is 39.5 Å². The molecule has 2 heterocycles. The van der Waals surface area contributed by atoms with Crippen molar-refractivity contribution in [2.24, 2.45) is 0 Å². The molecule has 1 atom stereocenters. The summed E-state index contributed by atoms with van der Waals surface area (Å²) in [6, 6.07) is 5.07. The molecule has 0 saturated heterocycles. The summed E-state index contributed by atoms with van der Waals surface area (Å²) >= 11 is 10.9. The number of imidazole rings is 1. The number of aryl methyl sites for hydroxylation is 3. The fraction of sp³-hybridized carbons (Fsp3) is 0.429. The van der Waals surface area contributed by atoms with Gasteiger partial charge in [0.2, 0.25) is 0 Å². The Kier molecular flexibility index (Phi) is 7.87. The molecule has 0 spiro atoms. The van der Waals surface area contributed by atoms with Crippen molar-refractivity contribution in [2.75, 3.05) is 25.2 Å². The van der Waals surface area contributed by atoms with Gasteiger partial charge in [-0.1, -0.05) is 23.2 Å². The number of unbranched alkanes of at least 4 members (excludes halogenated alkanes) is 1. The number of nitrogens with zero attached hydrogens (tertiary/aromatic N) is 3. The topological polar surface area (TPSA) is 89.0 Å². The van der Waals surface area contributed by atoms with E-state index in [1.807, 2.05) is 13.8 Å². The molecule has 2 N–H and O–H groups in total. The SMILES string of the molecule is COCCc1nc2c(N)nc(C)c(C)c2n1CCCC[S+]([O-])c1ccc(Cl)cc1Cl. The Morgan fingerprint density at radius 1 is 1.20 bits per heavy atom. The second kappa shape index (κ2) is 10.2. The number of pyridine rings is 1. The van der Waals surface area contributed by atoms with Gasteiger partial charge in [-0.2, -0.15) is 0 Å². The van der Waals surface area contributed by atoms with E-state index in [2.05, 4.69) is 9.55 Å². The van der Waals surface area contributed by atoms with Crippen molar-refractivity contribution >= 4 is 51.2 Å². The summed E-state index contributed by atoms with van der Waals surface area (Å²) in [7, 11) is 1.68. The highest BCUT2D eigenvalue weighted by Gasteiger charge is 2.19. The largest absolute Gasteiger partial charge is 0.611 e. The zero-order valence-electron chi connectivity index (χ0n) is 17.4. The van der Waals surface area contributed by atoms with Crippen LogP contribution in [0.15, 0.2) is 23.1 Å². The molecule has 0 saturated carbocycles. The van der Waals surface area contributed by atoms with Crippen LogP contribution in [-0.2, 0) is 28.9 Å². The lowest BCUT2D eigenvalue weighted by atomic mass is 10.2. The number of fused-ring (bicyclic) bond motifs is 1. The van der Waals surface area contributed by atoms with Crippen molar-refractivity contribution in [3.8, 4) is 0 Å². The van der Waals surface area contributed by atoms with Crippen LogP contribution in [0.25, 0.3) is 11.0 Å². The van der Waals surface area contributed by atoms with Gasteiger partial charge in [-0.25, -0.2) is 9.97 Å². The number of ether oxygens (including phenoxy) is 1. The summed E-state index contributed by atoms with van der Waals surface area (Å²) in [6.07, 6.45) is 2.33. The van der Waals surface area contributed by atoms with Gasteiger partial charge in [-0.3, -0.25) is 0 Å². The predicted molar refractivity (Wildman–Crippen MR) is 124 cm³/mol. The molecule has 3 aromatic rings. The van der Waals surface area contributed by atoms with Crippen LogP contribution >= 0.6 is 23.2 Å². The van der Waals surface area contributed by atoms with E-state index in [-0.39, 0.29) is 0 Å². The van der Waals surface area contributed by atoms with E-state index in [4.69, 9.17) is 38.7 Å². The van der Waals surface area contributed by atoms with Crippen LogP contribution in [0.1, 0.15) is 29.9 Å². The number of benzene rings is 1. The normalized spacial score (nSPS) is 12.6. The van der Waals surface area contributed by atoms with Gasteiger partial charge in [0.25, 0.3) is 0 Å². The summed E-state index contributed by atoms with van der Waals surface area (Å²) < 4.78 is 20.1. The minimum atomic E-state index is -1.17. The van der Waals surface area contributed by atoms with E-state index in [1.54, 1.807) is 25.3 Å². The van der Waals surface area contributed by atoms with Gasteiger partial charge in [0.1, 0.15) is 17.1 Å². The molecule has 1 unspecified atom stereocenters. The molecular formula is C21H26Cl2N4O2S. The number of anilines is 1. The molecule has 0 bridgehead atoms. The molecule has 9 heteroatoms. The second-order valence-corrected chi connectivity index (χ2v) is 9.54. The fourth-order valence-corrected chi connectivity index (χ4v) is 5.29. The summed E-state index contributed by atoms with van der Waals surface area (Å²) in [4.78, 5) is 9.78. The van der Waals surface area contributed by atoms with E-state index in [1.165, 1.54) is 0 Å². The molecule has 3 rings (SSSR count). The molecule has 30 heavy (non-hydrogen) atoms. The molecule has 0 fully saturated rings. The van der Waals surface area contributed by atoms with Crippen molar-refractivity contribution in [1.82, 2.24) is 14.5 Å². The number of nitrogen functional groups attached to an aromatic ring is 1. The molecule has 162 valence electrons. The van der Waals surface area contributed by atoms with Gasteiger partial charge in [-0.05, 0) is 61.6 Å². The highest BCUT2D eigenvalue weighted by Crippen LogP contribution is 2.28. The van der Waals surface area contributed by atoms with Crippen molar-refractivity contribution in [3.63, 3.8) is 0 Å². The average molecular weight is 469 g/mol.